The number of esters is 1. The van der Waals surface area contributed by atoms with Crippen LogP contribution >= 0.6 is 11.8 Å². The van der Waals surface area contributed by atoms with Gasteiger partial charge in [0.1, 0.15) is 28.5 Å². The quantitative estimate of drug-likeness (QED) is 0.306. The van der Waals surface area contributed by atoms with E-state index in [9.17, 15) is 15.3 Å². The van der Waals surface area contributed by atoms with Crippen LogP contribution in [-0.2, 0) is 14.3 Å². The van der Waals surface area contributed by atoms with Crippen LogP contribution in [0.2, 0.25) is 0 Å². The Hall–Kier alpha value is -4.53. The van der Waals surface area contributed by atoms with E-state index in [-0.39, 0.29) is 28.5 Å². The van der Waals surface area contributed by atoms with E-state index in [4.69, 9.17) is 20.2 Å². The molecule has 2 aromatic carbocycles. The number of ether oxygens (including phenoxy) is 2. The lowest BCUT2D eigenvalue weighted by molar-refractivity contribution is -0.136. The second kappa shape index (κ2) is 11.7. The first-order chi connectivity index (χ1) is 18.4. The van der Waals surface area contributed by atoms with Crippen molar-refractivity contribution in [2.24, 2.45) is 5.73 Å². The molecular formula is C30H26N4O3S. The second-order valence-electron chi connectivity index (χ2n) is 8.89. The molecule has 1 atom stereocenters. The normalized spacial score (nSPS) is 15.1. The molecule has 8 heteroatoms. The number of aromatic nitrogens is 1. The predicted octanol–water partition coefficient (Wildman–Crippen LogP) is 5.77. The van der Waals surface area contributed by atoms with Gasteiger partial charge in [-0.3, -0.25) is 0 Å². The van der Waals surface area contributed by atoms with E-state index in [1.165, 1.54) is 18.9 Å². The molecule has 2 heterocycles. The van der Waals surface area contributed by atoms with Crippen LogP contribution in [0, 0.1) is 22.7 Å². The van der Waals surface area contributed by atoms with Crippen LogP contribution in [0.3, 0.4) is 0 Å². The van der Waals surface area contributed by atoms with Gasteiger partial charge in [0.25, 0.3) is 0 Å². The van der Waals surface area contributed by atoms with Crippen LogP contribution in [0.1, 0.15) is 42.4 Å². The maximum Gasteiger partial charge on any atom is 0.338 e. The lowest BCUT2D eigenvalue weighted by Crippen LogP contribution is -2.26. The largest absolute Gasteiger partial charge is 0.466 e. The van der Waals surface area contributed by atoms with Crippen LogP contribution in [0.25, 0.3) is 11.3 Å². The number of hydrogen-bond donors (Lipinski definition) is 1. The van der Waals surface area contributed by atoms with E-state index in [0.29, 0.717) is 22.2 Å². The minimum absolute atomic E-state index is 0.0693. The summed E-state index contributed by atoms with van der Waals surface area (Å²) in [4.78, 5) is 17.8. The third-order valence-electron chi connectivity index (χ3n) is 6.23. The number of carbonyl (C=O) groups is 1. The summed E-state index contributed by atoms with van der Waals surface area (Å²) in [7, 11) is 1.28. The van der Waals surface area contributed by atoms with Crippen molar-refractivity contribution < 1.29 is 14.3 Å². The van der Waals surface area contributed by atoms with Gasteiger partial charge in [-0.15, -0.1) is 0 Å². The van der Waals surface area contributed by atoms with Gasteiger partial charge >= 0.3 is 5.97 Å². The SMILES string of the molecule is COC(=O)C1=C(CSc2nc(-c3ccccc3)ccc2C#N)OC(N)=C(C#N)C1c1ccc(C(C)C)cc1. The lowest BCUT2D eigenvalue weighted by Gasteiger charge is -2.28. The number of pyridine rings is 1. The fourth-order valence-corrected chi connectivity index (χ4v) is 5.12. The first-order valence-electron chi connectivity index (χ1n) is 12.0. The van der Waals surface area contributed by atoms with E-state index < -0.39 is 11.9 Å². The molecular weight excluding hydrogens is 496 g/mol. The number of benzene rings is 2. The number of methoxy groups -OCH3 is 1. The maximum absolute atomic E-state index is 13.1. The highest BCUT2D eigenvalue weighted by Gasteiger charge is 2.37. The molecule has 0 saturated carbocycles. The van der Waals surface area contributed by atoms with Crippen LogP contribution in [0.15, 0.2) is 94.5 Å². The highest BCUT2D eigenvalue weighted by Crippen LogP contribution is 2.41. The van der Waals surface area contributed by atoms with Crippen LogP contribution < -0.4 is 5.73 Å². The summed E-state index contributed by atoms with van der Waals surface area (Å²) in [5, 5.41) is 20.1. The fourth-order valence-electron chi connectivity index (χ4n) is 4.20. The standard InChI is InChI=1S/C30H26N4O3S/c1-18(2)19-9-11-21(12-10-19)26-23(16-32)28(33)37-25(27(26)30(35)36-3)17-38-29-22(15-31)13-14-24(34-29)20-7-5-4-6-8-20/h4-14,18,26H,17,33H2,1-3H3. The van der Waals surface area contributed by atoms with E-state index in [2.05, 4.69) is 26.0 Å². The average molecular weight is 523 g/mol. The average Bonchev–Trinajstić information content (AvgIpc) is 2.95. The van der Waals surface area contributed by atoms with Gasteiger partial charge in [0.15, 0.2) is 0 Å². The molecule has 38 heavy (non-hydrogen) atoms. The van der Waals surface area contributed by atoms with Gasteiger partial charge in [0, 0.05) is 5.56 Å². The molecule has 1 aromatic heterocycles. The molecule has 0 radical (unpaired) electrons. The summed E-state index contributed by atoms with van der Waals surface area (Å²) >= 11 is 1.25. The van der Waals surface area contributed by atoms with Crippen molar-refractivity contribution in [3.8, 4) is 23.4 Å². The van der Waals surface area contributed by atoms with E-state index in [1.54, 1.807) is 12.1 Å². The monoisotopic (exact) mass is 522 g/mol. The first-order valence-corrected chi connectivity index (χ1v) is 12.9. The minimum Gasteiger partial charge on any atom is -0.466 e. The Morgan fingerprint density at radius 1 is 1.08 bits per heavy atom. The molecule has 7 nitrogen and oxygen atoms in total. The molecule has 2 N–H and O–H groups in total. The van der Waals surface area contributed by atoms with Crippen LogP contribution in [-0.4, -0.2) is 23.8 Å². The Bertz CT molecular complexity index is 1500. The number of allylic oxidation sites excluding steroid dienone is 1. The molecule has 3 aromatic rings. The van der Waals surface area contributed by atoms with Crippen LogP contribution in [0.4, 0.5) is 0 Å². The molecule has 1 unspecified atom stereocenters. The van der Waals surface area contributed by atoms with Crippen molar-refractivity contribution in [1.82, 2.24) is 4.98 Å². The highest BCUT2D eigenvalue weighted by atomic mass is 32.2. The van der Waals surface area contributed by atoms with Gasteiger partial charge in [-0.2, -0.15) is 10.5 Å². The molecule has 0 bridgehead atoms. The number of nitrogens with zero attached hydrogens (tertiary/aromatic N) is 3. The molecule has 0 aliphatic carbocycles. The molecule has 0 saturated heterocycles. The number of nitrogens with two attached hydrogens (primary N) is 1. The molecule has 190 valence electrons. The van der Waals surface area contributed by atoms with Gasteiger partial charge < -0.3 is 15.2 Å². The van der Waals surface area contributed by atoms with Gasteiger partial charge in [-0.05, 0) is 29.2 Å². The molecule has 1 aliphatic rings. The zero-order valence-electron chi connectivity index (χ0n) is 21.3. The van der Waals surface area contributed by atoms with E-state index in [0.717, 1.165) is 16.7 Å². The summed E-state index contributed by atoms with van der Waals surface area (Å²) in [6.07, 6.45) is 0. The lowest BCUT2D eigenvalue weighted by atomic mass is 9.82. The Morgan fingerprint density at radius 3 is 2.39 bits per heavy atom. The van der Waals surface area contributed by atoms with Crippen molar-refractivity contribution in [2.45, 2.75) is 30.7 Å². The van der Waals surface area contributed by atoms with Crippen molar-refractivity contribution in [3.05, 3.63) is 106 Å². The Kier molecular flexibility index (Phi) is 8.15. The second-order valence-corrected chi connectivity index (χ2v) is 9.85. The molecule has 0 fully saturated rings. The van der Waals surface area contributed by atoms with Crippen LogP contribution in [0.5, 0.6) is 0 Å². The Labute approximate surface area is 226 Å². The van der Waals surface area contributed by atoms with Gasteiger partial charge in [0.05, 0.1) is 35.6 Å². The van der Waals surface area contributed by atoms with Crippen molar-refractivity contribution >= 4 is 17.7 Å². The zero-order valence-corrected chi connectivity index (χ0v) is 22.1. The minimum atomic E-state index is -0.753. The third-order valence-corrected chi connectivity index (χ3v) is 7.22. The summed E-state index contributed by atoms with van der Waals surface area (Å²) in [6.45, 7) is 4.18. The highest BCUT2D eigenvalue weighted by molar-refractivity contribution is 7.99. The van der Waals surface area contributed by atoms with Gasteiger partial charge in [-0.25, -0.2) is 9.78 Å². The number of carbonyl (C=O) groups excluding carboxylic acids is 1. The zero-order chi connectivity index (χ0) is 27.2. The third kappa shape index (κ3) is 5.41. The van der Waals surface area contributed by atoms with Gasteiger partial charge in [-0.1, -0.05) is 80.2 Å². The fraction of sp³-hybridized carbons (Fsp3) is 0.200. The topological polar surface area (TPSA) is 122 Å². The molecule has 4 rings (SSSR count). The summed E-state index contributed by atoms with van der Waals surface area (Å²) in [5.41, 5.74) is 10.4. The number of rotatable bonds is 7. The predicted molar refractivity (Wildman–Crippen MR) is 145 cm³/mol. The number of thioether (sulfide) groups is 1. The van der Waals surface area contributed by atoms with Crippen molar-refractivity contribution in [3.63, 3.8) is 0 Å². The molecule has 1 aliphatic heterocycles. The van der Waals surface area contributed by atoms with Crippen molar-refractivity contribution in [2.75, 3.05) is 12.9 Å². The summed E-state index contributed by atoms with van der Waals surface area (Å²) in [5.74, 6) is -0.717. The molecule has 0 spiro atoms. The first kappa shape index (κ1) is 26.5. The molecule has 0 amide bonds. The van der Waals surface area contributed by atoms with E-state index in [1.807, 2.05) is 54.6 Å². The summed E-state index contributed by atoms with van der Waals surface area (Å²) < 4.78 is 10.9. The Balaban J connectivity index is 1.75. The smallest absolute Gasteiger partial charge is 0.338 e. The Morgan fingerprint density at radius 2 is 1.79 bits per heavy atom. The summed E-state index contributed by atoms with van der Waals surface area (Å²) in [6, 6.07) is 25.2. The van der Waals surface area contributed by atoms with E-state index >= 15 is 0 Å². The van der Waals surface area contributed by atoms with Crippen molar-refractivity contribution in [1.29, 1.82) is 10.5 Å². The number of hydrogen-bond acceptors (Lipinski definition) is 8. The van der Waals surface area contributed by atoms with Gasteiger partial charge in [0.2, 0.25) is 5.88 Å². The maximum atomic E-state index is 13.1. The number of nitriles is 2.